The zero-order valence-electron chi connectivity index (χ0n) is 11.7. The minimum absolute atomic E-state index is 0.105. The van der Waals surface area contributed by atoms with Crippen LogP contribution in [0, 0.1) is 21.4 Å². The number of rotatable bonds is 3. The average Bonchev–Trinajstić information content (AvgIpc) is 2.86. The van der Waals surface area contributed by atoms with E-state index in [4.69, 9.17) is 0 Å². The molecule has 7 heteroatoms. The van der Waals surface area contributed by atoms with Gasteiger partial charge in [0.05, 0.1) is 22.0 Å². The Balaban J connectivity index is 2.22. The van der Waals surface area contributed by atoms with E-state index in [-0.39, 0.29) is 11.4 Å². The van der Waals surface area contributed by atoms with Crippen molar-refractivity contribution in [1.29, 1.82) is 5.26 Å². The molecule has 2 heterocycles. The minimum Gasteiger partial charge on any atom is -0.330 e. The Morgan fingerprint density at radius 1 is 1.32 bits per heavy atom. The molecule has 2 aromatic heterocycles. The second kappa shape index (κ2) is 5.26. The second-order valence-corrected chi connectivity index (χ2v) is 4.74. The van der Waals surface area contributed by atoms with E-state index in [1.807, 2.05) is 24.3 Å². The first kappa shape index (κ1) is 13.7. The van der Waals surface area contributed by atoms with E-state index in [1.54, 1.807) is 11.6 Å². The molecule has 0 radical (unpaired) electrons. The maximum Gasteiger partial charge on any atom is 0.292 e. The van der Waals surface area contributed by atoms with Gasteiger partial charge in [-0.3, -0.25) is 15.1 Å². The summed E-state index contributed by atoms with van der Waals surface area (Å²) in [6.45, 7) is 0. The molecule has 108 valence electrons. The molecular formula is C15H11N5O2. The Hall–Kier alpha value is -3.27. The standard InChI is InChI=1S/C15H11N5O2/c1-19-12-6-3-2-5-11(12)18-15(19)10(9-16)14-13(20(21)22)7-4-8-17-14/h2-8,10H,1H3/t10-/m0/s1. The first-order chi connectivity index (χ1) is 10.6. The lowest BCUT2D eigenvalue weighted by molar-refractivity contribution is -0.386. The molecule has 0 aliphatic rings. The topological polar surface area (TPSA) is 97.6 Å². The highest BCUT2D eigenvalue weighted by Crippen LogP contribution is 2.30. The van der Waals surface area contributed by atoms with E-state index in [0.717, 1.165) is 11.0 Å². The highest BCUT2D eigenvalue weighted by molar-refractivity contribution is 5.76. The molecule has 1 aromatic carbocycles. The van der Waals surface area contributed by atoms with Gasteiger partial charge in [0.1, 0.15) is 11.5 Å². The minimum atomic E-state index is -0.904. The van der Waals surface area contributed by atoms with Crippen LogP contribution in [0.4, 0.5) is 5.69 Å². The Kier molecular flexibility index (Phi) is 3.27. The summed E-state index contributed by atoms with van der Waals surface area (Å²) in [6.07, 6.45) is 1.44. The number of aromatic nitrogens is 3. The summed E-state index contributed by atoms with van der Waals surface area (Å²) < 4.78 is 1.77. The third kappa shape index (κ3) is 2.07. The van der Waals surface area contributed by atoms with Gasteiger partial charge < -0.3 is 4.57 Å². The summed E-state index contributed by atoms with van der Waals surface area (Å²) in [6, 6.07) is 12.3. The normalized spacial score (nSPS) is 12.0. The number of fused-ring (bicyclic) bond motifs is 1. The third-order valence-corrected chi connectivity index (χ3v) is 3.50. The van der Waals surface area contributed by atoms with Crippen LogP contribution in [0.2, 0.25) is 0 Å². The van der Waals surface area contributed by atoms with Gasteiger partial charge in [-0.05, 0) is 18.2 Å². The van der Waals surface area contributed by atoms with Gasteiger partial charge in [-0.25, -0.2) is 4.98 Å². The first-order valence-electron chi connectivity index (χ1n) is 6.53. The van der Waals surface area contributed by atoms with Crippen molar-refractivity contribution < 1.29 is 4.92 Å². The highest BCUT2D eigenvalue weighted by Gasteiger charge is 2.28. The first-order valence-corrected chi connectivity index (χ1v) is 6.53. The molecule has 0 fully saturated rings. The Bertz CT molecular complexity index is 910. The van der Waals surface area contributed by atoms with Crippen LogP contribution in [0.25, 0.3) is 11.0 Å². The molecule has 1 atom stereocenters. The van der Waals surface area contributed by atoms with Crippen LogP contribution in [0.1, 0.15) is 17.4 Å². The number of imidazole rings is 1. The van der Waals surface area contributed by atoms with E-state index in [1.165, 1.54) is 18.3 Å². The molecular weight excluding hydrogens is 282 g/mol. The maximum atomic E-state index is 11.2. The number of benzene rings is 1. The lowest BCUT2D eigenvalue weighted by Gasteiger charge is -2.09. The molecule has 3 rings (SSSR count). The summed E-state index contributed by atoms with van der Waals surface area (Å²) in [5.41, 5.74) is 1.52. The number of pyridine rings is 1. The van der Waals surface area contributed by atoms with Crippen molar-refractivity contribution in [1.82, 2.24) is 14.5 Å². The molecule has 3 aromatic rings. The van der Waals surface area contributed by atoms with Crippen molar-refractivity contribution >= 4 is 16.7 Å². The fraction of sp³-hybridized carbons (Fsp3) is 0.133. The van der Waals surface area contributed by atoms with Gasteiger partial charge in [-0.1, -0.05) is 12.1 Å². The lowest BCUT2D eigenvalue weighted by Crippen LogP contribution is -2.10. The summed E-state index contributed by atoms with van der Waals surface area (Å²) in [5.74, 6) is -0.468. The molecule has 0 amide bonds. The number of para-hydroxylation sites is 2. The monoisotopic (exact) mass is 293 g/mol. The van der Waals surface area contributed by atoms with Gasteiger partial charge in [-0.2, -0.15) is 5.26 Å². The van der Waals surface area contributed by atoms with Gasteiger partial charge >= 0.3 is 0 Å². The molecule has 0 spiro atoms. The summed E-state index contributed by atoms with van der Waals surface area (Å²) in [4.78, 5) is 19.1. The molecule has 0 saturated carbocycles. The second-order valence-electron chi connectivity index (χ2n) is 4.74. The summed E-state index contributed by atoms with van der Waals surface area (Å²) >= 11 is 0. The zero-order chi connectivity index (χ0) is 15.7. The molecule has 0 aliphatic carbocycles. The van der Waals surface area contributed by atoms with Gasteiger partial charge in [0, 0.05) is 19.3 Å². The Morgan fingerprint density at radius 3 is 2.77 bits per heavy atom. The van der Waals surface area contributed by atoms with Crippen LogP contribution in [-0.4, -0.2) is 19.5 Å². The number of hydrogen-bond acceptors (Lipinski definition) is 5. The quantitative estimate of drug-likeness (QED) is 0.546. The largest absolute Gasteiger partial charge is 0.330 e. The van der Waals surface area contributed by atoms with E-state index in [0.29, 0.717) is 5.82 Å². The van der Waals surface area contributed by atoms with Gasteiger partial charge in [0.15, 0.2) is 5.92 Å². The molecule has 0 saturated heterocycles. The number of nitro groups is 1. The van der Waals surface area contributed by atoms with E-state index < -0.39 is 10.8 Å². The van der Waals surface area contributed by atoms with Crippen molar-refractivity contribution in [2.45, 2.75) is 5.92 Å². The van der Waals surface area contributed by atoms with Crippen molar-refractivity contribution in [2.75, 3.05) is 0 Å². The molecule has 0 bridgehead atoms. The van der Waals surface area contributed by atoms with Crippen molar-refractivity contribution in [3.8, 4) is 6.07 Å². The SMILES string of the molecule is Cn1c([C@@H](C#N)c2ncccc2[N+](=O)[O-])nc2ccccc21. The molecule has 0 unspecified atom stereocenters. The van der Waals surface area contributed by atoms with E-state index in [9.17, 15) is 15.4 Å². The van der Waals surface area contributed by atoms with Crippen LogP contribution in [0.3, 0.4) is 0 Å². The van der Waals surface area contributed by atoms with Gasteiger partial charge in [-0.15, -0.1) is 0 Å². The number of nitriles is 1. The Morgan fingerprint density at radius 2 is 2.09 bits per heavy atom. The molecule has 22 heavy (non-hydrogen) atoms. The maximum absolute atomic E-state index is 11.2. The van der Waals surface area contributed by atoms with Crippen LogP contribution < -0.4 is 0 Å². The predicted octanol–water partition coefficient (Wildman–Crippen LogP) is 2.53. The molecule has 7 nitrogen and oxygen atoms in total. The van der Waals surface area contributed by atoms with Crippen molar-refractivity contribution in [3.05, 3.63) is 64.2 Å². The van der Waals surface area contributed by atoms with Crippen LogP contribution in [0.15, 0.2) is 42.6 Å². The number of aryl methyl sites for hydroxylation is 1. The predicted molar refractivity (Wildman–Crippen MR) is 79.1 cm³/mol. The van der Waals surface area contributed by atoms with Gasteiger partial charge in [0.2, 0.25) is 0 Å². The third-order valence-electron chi connectivity index (χ3n) is 3.50. The van der Waals surface area contributed by atoms with Crippen LogP contribution in [-0.2, 0) is 7.05 Å². The lowest BCUT2D eigenvalue weighted by atomic mass is 10.0. The number of hydrogen-bond donors (Lipinski definition) is 0. The van der Waals surface area contributed by atoms with E-state index in [2.05, 4.69) is 16.0 Å². The molecule has 0 aliphatic heterocycles. The highest BCUT2D eigenvalue weighted by atomic mass is 16.6. The van der Waals surface area contributed by atoms with E-state index >= 15 is 0 Å². The summed E-state index contributed by atoms with van der Waals surface area (Å²) in [7, 11) is 1.78. The fourth-order valence-corrected chi connectivity index (χ4v) is 2.45. The average molecular weight is 293 g/mol. The summed E-state index contributed by atoms with van der Waals surface area (Å²) in [5, 5.41) is 20.7. The van der Waals surface area contributed by atoms with Gasteiger partial charge in [0.25, 0.3) is 5.69 Å². The van der Waals surface area contributed by atoms with Crippen molar-refractivity contribution in [2.24, 2.45) is 7.05 Å². The van der Waals surface area contributed by atoms with Crippen molar-refractivity contribution in [3.63, 3.8) is 0 Å². The Labute approximate surface area is 125 Å². The fourth-order valence-electron chi connectivity index (χ4n) is 2.45. The van der Waals surface area contributed by atoms with Crippen LogP contribution in [0.5, 0.6) is 0 Å². The smallest absolute Gasteiger partial charge is 0.292 e. The number of nitrogens with zero attached hydrogens (tertiary/aromatic N) is 5. The zero-order valence-corrected chi connectivity index (χ0v) is 11.7. The van der Waals surface area contributed by atoms with Crippen LogP contribution >= 0.6 is 0 Å². The molecule has 0 N–H and O–H groups in total.